The molecule has 2 aromatic carbocycles. The first-order valence-electron chi connectivity index (χ1n) is 10.9. The van der Waals surface area contributed by atoms with Crippen molar-refractivity contribution in [2.45, 2.75) is 63.1 Å². The molecule has 0 radical (unpaired) electrons. The minimum Gasteiger partial charge on any atom is -0.481 e. The molecule has 1 saturated carbocycles. The molecule has 0 heterocycles. The first-order chi connectivity index (χ1) is 15.0. The maximum atomic E-state index is 11.0. The molecule has 1 unspecified atom stereocenters. The lowest BCUT2D eigenvalue weighted by molar-refractivity contribution is -0.137. The summed E-state index contributed by atoms with van der Waals surface area (Å²) in [5, 5.41) is 8.80. The molecule has 3 rings (SSSR count). The van der Waals surface area contributed by atoms with Gasteiger partial charge >= 0.3 is 5.97 Å². The number of methoxy groups -OCH3 is 2. The number of benzene rings is 2. The van der Waals surface area contributed by atoms with Crippen LogP contribution in [0.5, 0.6) is 0 Å². The largest absolute Gasteiger partial charge is 0.481 e. The quantitative estimate of drug-likeness (QED) is 0.532. The molecule has 168 valence electrons. The van der Waals surface area contributed by atoms with Crippen molar-refractivity contribution in [3.05, 3.63) is 71.8 Å². The third-order valence-corrected chi connectivity index (χ3v) is 5.79. The molecule has 1 N–H and O–H groups in total. The number of Topliss-reactive ketones (excluding diaryl/α,β-unsaturated/α-hetero) is 1. The van der Waals surface area contributed by atoms with Crippen molar-refractivity contribution in [3.63, 3.8) is 0 Å². The number of hydrogen-bond acceptors (Lipinski definition) is 4. The van der Waals surface area contributed by atoms with E-state index in [0.717, 1.165) is 31.2 Å². The van der Waals surface area contributed by atoms with Crippen molar-refractivity contribution in [3.8, 4) is 0 Å². The minimum atomic E-state index is -0.776. The van der Waals surface area contributed by atoms with E-state index in [2.05, 4.69) is 24.3 Å². The van der Waals surface area contributed by atoms with Crippen LogP contribution < -0.4 is 0 Å². The standard InChI is InChI=1S/C14H20O4.C12H14O/c1-17-14(18-2)10-12(8-9-13(15)16)11-6-4-3-5-7-11;13-12-8-6-11(7-9-12)10-4-2-1-3-5-10/h3-7,12,14H,8-10H2,1-2H3,(H,15,16);1-5,11H,6-9H2. The van der Waals surface area contributed by atoms with E-state index in [4.69, 9.17) is 14.6 Å². The normalized spacial score (nSPS) is 15.3. The van der Waals surface area contributed by atoms with E-state index < -0.39 is 5.97 Å². The van der Waals surface area contributed by atoms with Gasteiger partial charge in [-0.15, -0.1) is 0 Å². The van der Waals surface area contributed by atoms with Gasteiger partial charge in [0.1, 0.15) is 5.78 Å². The average Bonchev–Trinajstić information content (AvgIpc) is 2.81. The SMILES string of the molecule is COC(CC(CCC(=O)O)c1ccccc1)OC.O=C1CCC(c2ccccc2)CC1. The van der Waals surface area contributed by atoms with Crippen molar-refractivity contribution in [1.29, 1.82) is 0 Å². The van der Waals surface area contributed by atoms with E-state index in [1.807, 2.05) is 36.4 Å². The Bertz CT molecular complexity index is 761. The van der Waals surface area contributed by atoms with Gasteiger partial charge in [0, 0.05) is 39.9 Å². The van der Waals surface area contributed by atoms with E-state index in [0.29, 0.717) is 24.5 Å². The Kier molecular flexibility index (Phi) is 11.0. The zero-order chi connectivity index (χ0) is 22.5. The number of ether oxygens (including phenoxy) is 2. The minimum absolute atomic E-state index is 0.132. The van der Waals surface area contributed by atoms with Gasteiger partial charge in [-0.25, -0.2) is 0 Å². The summed E-state index contributed by atoms with van der Waals surface area (Å²) in [6, 6.07) is 20.4. The molecule has 0 amide bonds. The Balaban J connectivity index is 0.000000231. The number of carboxylic acid groups (broad SMARTS) is 1. The lowest BCUT2D eigenvalue weighted by atomic mass is 9.84. The number of aliphatic carboxylic acids is 1. The number of hydrogen-bond donors (Lipinski definition) is 1. The molecule has 0 aliphatic heterocycles. The first-order valence-corrected chi connectivity index (χ1v) is 10.9. The fraction of sp³-hybridized carbons (Fsp3) is 0.462. The second kappa shape index (κ2) is 13.7. The molecule has 0 bridgehead atoms. The summed E-state index contributed by atoms with van der Waals surface area (Å²) in [5.74, 6) is 0.417. The number of carbonyl (C=O) groups excluding carboxylic acids is 1. The highest BCUT2D eigenvalue weighted by atomic mass is 16.7. The van der Waals surface area contributed by atoms with Gasteiger partial charge in [0.2, 0.25) is 0 Å². The van der Waals surface area contributed by atoms with E-state index >= 15 is 0 Å². The molecule has 1 atom stereocenters. The van der Waals surface area contributed by atoms with Crippen LogP contribution in [0, 0.1) is 0 Å². The van der Waals surface area contributed by atoms with Crippen LogP contribution in [0.4, 0.5) is 0 Å². The van der Waals surface area contributed by atoms with Gasteiger partial charge in [-0.3, -0.25) is 9.59 Å². The molecule has 2 aromatic rings. The fourth-order valence-corrected chi connectivity index (χ4v) is 3.96. The second-order valence-corrected chi connectivity index (χ2v) is 7.90. The predicted octanol–water partition coefficient (Wildman–Crippen LogP) is 5.56. The third kappa shape index (κ3) is 9.03. The monoisotopic (exact) mass is 426 g/mol. The molecule has 1 aliphatic rings. The lowest BCUT2D eigenvalue weighted by Gasteiger charge is -2.21. The van der Waals surface area contributed by atoms with Gasteiger partial charge in [0.15, 0.2) is 6.29 Å². The Hall–Kier alpha value is -2.50. The van der Waals surface area contributed by atoms with E-state index in [1.165, 1.54) is 5.56 Å². The summed E-state index contributed by atoms with van der Waals surface area (Å²) in [6.07, 6.45) is 4.74. The number of rotatable bonds is 9. The Morgan fingerprint density at radius 3 is 2.03 bits per heavy atom. The van der Waals surface area contributed by atoms with E-state index in [9.17, 15) is 9.59 Å². The van der Waals surface area contributed by atoms with Gasteiger partial charge in [0.25, 0.3) is 0 Å². The summed E-state index contributed by atoms with van der Waals surface area (Å²) >= 11 is 0. The van der Waals surface area contributed by atoms with Crippen LogP contribution >= 0.6 is 0 Å². The molecule has 1 fully saturated rings. The number of ketones is 1. The molecular weight excluding hydrogens is 392 g/mol. The third-order valence-electron chi connectivity index (χ3n) is 5.79. The van der Waals surface area contributed by atoms with Crippen LogP contribution in [0.15, 0.2) is 60.7 Å². The zero-order valence-electron chi connectivity index (χ0n) is 18.5. The van der Waals surface area contributed by atoms with Crippen LogP contribution in [0.25, 0.3) is 0 Å². The lowest BCUT2D eigenvalue weighted by Crippen LogP contribution is -2.18. The molecule has 0 saturated heterocycles. The summed E-state index contributed by atoms with van der Waals surface area (Å²) < 4.78 is 10.4. The Labute approximate surface area is 185 Å². The predicted molar refractivity (Wildman–Crippen MR) is 121 cm³/mol. The van der Waals surface area contributed by atoms with Crippen molar-refractivity contribution in [2.24, 2.45) is 0 Å². The highest BCUT2D eigenvalue weighted by molar-refractivity contribution is 5.79. The first kappa shape index (κ1) is 24.8. The smallest absolute Gasteiger partial charge is 0.303 e. The average molecular weight is 427 g/mol. The van der Waals surface area contributed by atoms with Crippen LogP contribution in [0.1, 0.15) is 67.9 Å². The summed E-state index contributed by atoms with van der Waals surface area (Å²) in [4.78, 5) is 21.7. The molecule has 31 heavy (non-hydrogen) atoms. The number of carboxylic acids is 1. The van der Waals surface area contributed by atoms with Gasteiger partial charge in [-0.1, -0.05) is 60.7 Å². The molecule has 5 heteroatoms. The Morgan fingerprint density at radius 1 is 0.968 bits per heavy atom. The van der Waals surface area contributed by atoms with E-state index in [1.54, 1.807) is 14.2 Å². The van der Waals surface area contributed by atoms with Gasteiger partial charge in [-0.2, -0.15) is 0 Å². The summed E-state index contributed by atoms with van der Waals surface area (Å²) in [6.45, 7) is 0. The van der Waals surface area contributed by atoms with E-state index in [-0.39, 0.29) is 18.6 Å². The van der Waals surface area contributed by atoms with Crippen LogP contribution in [0.2, 0.25) is 0 Å². The molecule has 1 aliphatic carbocycles. The zero-order valence-corrected chi connectivity index (χ0v) is 18.5. The van der Waals surface area contributed by atoms with Crippen molar-refractivity contribution < 1.29 is 24.2 Å². The van der Waals surface area contributed by atoms with Gasteiger partial charge in [-0.05, 0) is 42.2 Å². The molecule has 5 nitrogen and oxygen atoms in total. The fourth-order valence-electron chi connectivity index (χ4n) is 3.96. The Morgan fingerprint density at radius 2 is 1.52 bits per heavy atom. The molecule has 0 spiro atoms. The number of carbonyl (C=O) groups is 2. The second-order valence-electron chi connectivity index (χ2n) is 7.90. The van der Waals surface area contributed by atoms with Crippen LogP contribution in [-0.4, -0.2) is 37.4 Å². The maximum absolute atomic E-state index is 11.0. The van der Waals surface area contributed by atoms with Gasteiger partial charge in [0.05, 0.1) is 0 Å². The van der Waals surface area contributed by atoms with Crippen LogP contribution in [0.3, 0.4) is 0 Å². The molecular formula is C26H34O5. The van der Waals surface area contributed by atoms with Crippen molar-refractivity contribution in [1.82, 2.24) is 0 Å². The summed E-state index contributed by atoms with van der Waals surface area (Å²) in [7, 11) is 3.18. The topological polar surface area (TPSA) is 72.8 Å². The van der Waals surface area contributed by atoms with Gasteiger partial charge < -0.3 is 14.6 Å². The van der Waals surface area contributed by atoms with Crippen LogP contribution in [-0.2, 0) is 19.1 Å². The molecule has 0 aromatic heterocycles. The van der Waals surface area contributed by atoms with Crippen molar-refractivity contribution in [2.75, 3.05) is 14.2 Å². The maximum Gasteiger partial charge on any atom is 0.303 e. The highest BCUT2D eigenvalue weighted by Gasteiger charge is 2.20. The highest BCUT2D eigenvalue weighted by Crippen LogP contribution is 2.30. The van der Waals surface area contributed by atoms with Crippen molar-refractivity contribution >= 4 is 11.8 Å². The summed E-state index contributed by atoms with van der Waals surface area (Å²) in [5.41, 5.74) is 2.52.